The van der Waals surface area contributed by atoms with Crippen molar-refractivity contribution in [3.8, 4) is 22.3 Å². The summed E-state index contributed by atoms with van der Waals surface area (Å²) < 4.78 is 6.92. The molecule has 3 aliphatic heterocycles. The highest BCUT2D eigenvalue weighted by atomic mass is 16.3. The summed E-state index contributed by atoms with van der Waals surface area (Å²) >= 11 is 0. The lowest BCUT2D eigenvalue weighted by Gasteiger charge is -2.53. The average Bonchev–Trinajstić information content (AvgIpc) is 3.68. The van der Waals surface area contributed by atoms with Crippen LogP contribution in [0.15, 0.2) is 108 Å². The van der Waals surface area contributed by atoms with E-state index in [0.29, 0.717) is 0 Å². The lowest BCUT2D eigenvalue weighted by molar-refractivity contribution is 0.195. The van der Waals surface area contributed by atoms with Crippen molar-refractivity contribution in [1.29, 1.82) is 0 Å². The van der Waals surface area contributed by atoms with E-state index >= 15 is 0 Å². The zero-order valence-electron chi connectivity index (χ0n) is 38.5. The van der Waals surface area contributed by atoms with Crippen molar-refractivity contribution in [3.05, 3.63) is 131 Å². The molecule has 0 spiro atoms. The van der Waals surface area contributed by atoms with Gasteiger partial charge in [0.2, 0.25) is 0 Å². The van der Waals surface area contributed by atoms with Crippen LogP contribution in [0, 0.1) is 6.92 Å². The molecule has 11 rings (SSSR count). The van der Waals surface area contributed by atoms with Gasteiger partial charge in [-0.3, -0.25) is 0 Å². The van der Waals surface area contributed by atoms with Crippen LogP contribution in [0.4, 0.5) is 22.7 Å². The van der Waals surface area contributed by atoms with Crippen LogP contribution in [0.3, 0.4) is 0 Å². The second-order valence-corrected chi connectivity index (χ2v) is 22.6. The van der Waals surface area contributed by atoms with E-state index in [1.165, 1.54) is 115 Å². The van der Waals surface area contributed by atoms with E-state index in [1.807, 2.05) is 0 Å². The number of hydrogen-bond donors (Lipinski definition) is 0. The van der Waals surface area contributed by atoms with Crippen molar-refractivity contribution < 1.29 is 4.42 Å². The summed E-state index contributed by atoms with van der Waals surface area (Å²) in [5, 5.41) is 2.39. The Labute approximate surface area is 364 Å². The standard InChI is InChI=1S/C57H61BN2O/c1-34-28-41-49-45(24-25-47-50(49)39-22-20-37(54(5,6)7)33-48(39)61-47)60(44-23-21-36(53(2,3)4)30-40(44)35-18-14-13-15-19-35)58-43-32-38(55(8,9)10)31-42-52(43)59(46(29-34)51(41)58)57(12)27-17-16-26-56(42,57)11/h13-15,18-25,28-33H,16-17,26-27H2,1-12H3. The summed E-state index contributed by atoms with van der Waals surface area (Å²) in [6, 6.07) is 40.3. The highest BCUT2D eigenvalue weighted by Crippen LogP contribution is 2.63. The molecule has 3 nitrogen and oxygen atoms in total. The highest BCUT2D eigenvalue weighted by molar-refractivity contribution is 6.94. The van der Waals surface area contributed by atoms with E-state index in [-0.39, 0.29) is 34.0 Å². The summed E-state index contributed by atoms with van der Waals surface area (Å²) in [6.07, 6.45) is 4.90. The van der Waals surface area contributed by atoms with Gasteiger partial charge in [0.25, 0.3) is 0 Å². The molecule has 0 amide bonds. The molecule has 0 bridgehead atoms. The van der Waals surface area contributed by atoms with Crippen LogP contribution in [0.25, 0.3) is 44.2 Å². The Kier molecular flexibility index (Phi) is 7.90. The number of anilines is 4. The Balaban J connectivity index is 1.32. The molecule has 4 aliphatic rings. The number of rotatable bonds is 2. The maximum Gasteiger partial charge on any atom is 0.333 e. The Morgan fingerprint density at radius 3 is 2.00 bits per heavy atom. The van der Waals surface area contributed by atoms with E-state index in [4.69, 9.17) is 4.42 Å². The Morgan fingerprint density at radius 1 is 0.607 bits per heavy atom. The van der Waals surface area contributed by atoms with Crippen molar-refractivity contribution in [2.75, 3.05) is 9.71 Å². The fraction of sp³-hybridized carbons (Fsp3) is 0.368. The summed E-state index contributed by atoms with van der Waals surface area (Å²) in [5.41, 5.74) is 22.0. The van der Waals surface area contributed by atoms with Gasteiger partial charge in [0.15, 0.2) is 0 Å². The molecule has 4 heteroatoms. The third-order valence-corrected chi connectivity index (χ3v) is 15.7. The predicted octanol–water partition coefficient (Wildman–Crippen LogP) is 14.4. The van der Waals surface area contributed by atoms with Gasteiger partial charge in [0.05, 0.1) is 5.54 Å². The summed E-state index contributed by atoms with van der Waals surface area (Å²) in [6.45, 7) is 28.5. The molecular formula is C57H61BN2O. The number of hydrogen-bond acceptors (Lipinski definition) is 3. The zero-order chi connectivity index (χ0) is 42.8. The normalized spacial score (nSPS) is 20.6. The first-order valence-electron chi connectivity index (χ1n) is 22.9. The molecule has 0 saturated heterocycles. The van der Waals surface area contributed by atoms with Gasteiger partial charge >= 0.3 is 6.85 Å². The Bertz CT molecular complexity index is 2990. The third kappa shape index (κ3) is 5.30. The molecule has 0 N–H and O–H groups in total. The van der Waals surface area contributed by atoms with Crippen LogP contribution < -0.4 is 20.6 Å². The molecule has 6 aromatic carbocycles. The number of fused-ring (bicyclic) bond motifs is 11. The number of furan rings is 1. The Hall–Kier alpha value is -5.22. The van der Waals surface area contributed by atoms with Crippen LogP contribution in [0.1, 0.15) is 130 Å². The smallest absolute Gasteiger partial charge is 0.333 e. The van der Waals surface area contributed by atoms with Gasteiger partial charge in [-0.1, -0.05) is 149 Å². The van der Waals surface area contributed by atoms with Crippen molar-refractivity contribution in [2.45, 2.75) is 136 Å². The molecule has 4 heterocycles. The second kappa shape index (κ2) is 12.5. The van der Waals surface area contributed by atoms with Crippen molar-refractivity contribution in [1.82, 2.24) is 0 Å². The number of nitrogens with zero attached hydrogens (tertiary/aromatic N) is 2. The van der Waals surface area contributed by atoms with Crippen LogP contribution in [-0.4, -0.2) is 12.4 Å². The highest BCUT2D eigenvalue weighted by Gasteiger charge is 2.62. The fourth-order valence-electron chi connectivity index (χ4n) is 12.0. The minimum Gasteiger partial charge on any atom is -0.456 e. The molecule has 2 atom stereocenters. The first-order chi connectivity index (χ1) is 28.8. The second-order valence-electron chi connectivity index (χ2n) is 22.6. The quantitative estimate of drug-likeness (QED) is 0.162. The van der Waals surface area contributed by atoms with E-state index < -0.39 is 0 Å². The van der Waals surface area contributed by atoms with Gasteiger partial charge in [0, 0.05) is 50.1 Å². The minimum absolute atomic E-state index is 0.0108. The van der Waals surface area contributed by atoms with Crippen LogP contribution in [0.2, 0.25) is 0 Å². The molecule has 1 saturated carbocycles. The molecule has 2 unspecified atom stereocenters. The van der Waals surface area contributed by atoms with Crippen LogP contribution >= 0.6 is 0 Å². The SMILES string of the molecule is Cc1cc2c3c(c1)N1c4c(cc(C(C)(C)C)cc4C4(C)CCCCC14C)B3N(c1ccc(C(C)(C)C)cc1-c1ccccc1)c1ccc3oc4cc(C(C)(C)C)ccc4c3c1-2. The molecule has 1 fully saturated rings. The molecule has 1 aliphatic carbocycles. The molecule has 7 aromatic rings. The maximum atomic E-state index is 6.92. The lowest BCUT2D eigenvalue weighted by atomic mass is 9.42. The Morgan fingerprint density at radius 2 is 1.28 bits per heavy atom. The lowest BCUT2D eigenvalue weighted by Crippen LogP contribution is -2.64. The third-order valence-electron chi connectivity index (χ3n) is 15.7. The summed E-state index contributed by atoms with van der Waals surface area (Å²) in [5.74, 6) is 0. The van der Waals surface area contributed by atoms with Gasteiger partial charge in [-0.15, -0.1) is 0 Å². The summed E-state index contributed by atoms with van der Waals surface area (Å²) in [4.78, 5) is 5.64. The zero-order valence-corrected chi connectivity index (χ0v) is 38.5. The maximum absolute atomic E-state index is 6.92. The first-order valence-corrected chi connectivity index (χ1v) is 22.9. The van der Waals surface area contributed by atoms with Gasteiger partial charge < -0.3 is 14.1 Å². The topological polar surface area (TPSA) is 19.6 Å². The van der Waals surface area contributed by atoms with Gasteiger partial charge in [-0.05, 0) is 129 Å². The van der Waals surface area contributed by atoms with Crippen molar-refractivity contribution in [3.63, 3.8) is 0 Å². The first kappa shape index (κ1) is 38.7. The van der Waals surface area contributed by atoms with E-state index in [2.05, 4.69) is 196 Å². The van der Waals surface area contributed by atoms with Gasteiger partial charge in [0.1, 0.15) is 11.2 Å². The van der Waals surface area contributed by atoms with E-state index in [1.54, 1.807) is 5.56 Å². The monoisotopic (exact) mass is 800 g/mol. The average molecular weight is 801 g/mol. The van der Waals surface area contributed by atoms with Crippen LogP contribution in [-0.2, 0) is 21.7 Å². The van der Waals surface area contributed by atoms with Crippen LogP contribution in [0.5, 0.6) is 0 Å². The van der Waals surface area contributed by atoms with Crippen molar-refractivity contribution in [2.24, 2.45) is 0 Å². The predicted molar refractivity (Wildman–Crippen MR) is 262 cm³/mol. The van der Waals surface area contributed by atoms with E-state index in [9.17, 15) is 0 Å². The molecule has 1 aromatic heterocycles. The summed E-state index contributed by atoms with van der Waals surface area (Å²) in [7, 11) is 0. The largest absolute Gasteiger partial charge is 0.456 e. The number of benzene rings is 6. The molecular weight excluding hydrogens is 739 g/mol. The molecule has 0 radical (unpaired) electrons. The molecule has 308 valence electrons. The van der Waals surface area contributed by atoms with Crippen molar-refractivity contribution >= 4 is 62.5 Å². The van der Waals surface area contributed by atoms with Gasteiger partial charge in [-0.25, -0.2) is 0 Å². The van der Waals surface area contributed by atoms with Gasteiger partial charge in [-0.2, -0.15) is 0 Å². The molecule has 61 heavy (non-hydrogen) atoms. The minimum atomic E-state index is -0.0578. The fourth-order valence-corrected chi connectivity index (χ4v) is 12.0. The van der Waals surface area contributed by atoms with E-state index in [0.717, 1.165) is 11.2 Å². The number of aryl methyl sites for hydroxylation is 1.